The van der Waals surface area contributed by atoms with Crippen LogP contribution in [0.5, 0.6) is 0 Å². The van der Waals surface area contributed by atoms with Gasteiger partial charge in [0.15, 0.2) is 0 Å². The van der Waals surface area contributed by atoms with Gasteiger partial charge in [0.05, 0.1) is 11.9 Å². The fourth-order valence-electron chi connectivity index (χ4n) is 0.745. The molecule has 0 unspecified atom stereocenters. The summed E-state index contributed by atoms with van der Waals surface area (Å²) < 4.78 is 0.946. The second kappa shape index (κ2) is 6.68. The Morgan fingerprint density at radius 3 is 1.81 bits per heavy atom. The molecule has 0 fully saturated rings. The second-order valence-corrected chi connectivity index (χ2v) is 4.40. The van der Waals surface area contributed by atoms with Crippen LogP contribution in [-0.4, -0.2) is 9.97 Å². The van der Waals surface area contributed by atoms with Crippen LogP contribution in [0.25, 0.3) is 0 Å². The van der Waals surface area contributed by atoms with Crippen LogP contribution >= 0.6 is 39.1 Å². The van der Waals surface area contributed by atoms with Crippen LogP contribution < -0.4 is 5.73 Å². The number of aromatic nitrogens is 2. The van der Waals surface area contributed by atoms with Crippen molar-refractivity contribution in [2.45, 2.75) is 0 Å². The van der Waals surface area contributed by atoms with Crippen LogP contribution in [0.4, 0.5) is 5.69 Å². The van der Waals surface area contributed by atoms with Gasteiger partial charge in [0.2, 0.25) is 0 Å². The molecule has 0 saturated heterocycles. The highest BCUT2D eigenvalue weighted by atomic mass is 79.9. The molecule has 2 aromatic heterocycles. The molecular formula is C10H8BrCl2N3. The summed E-state index contributed by atoms with van der Waals surface area (Å²) in [5, 5.41) is 0.993. The molecule has 0 aliphatic carbocycles. The highest BCUT2D eigenvalue weighted by molar-refractivity contribution is 9.10. The number of hydrogen-bond acceptors (Lipinski definition) is 3. The number of hydrogen-bond donors (Lipinski definition) is 1. The summed E-state index contributed by atoms with van der Waals surface area (Å²) >= 11 is 14.1. The third-order valence-corrected chi connectivity index (χ3v) is 2.36. The van der Waals surface area contributed by atoms with Crippen LogP contribution in [0.1, 0.15) is 0 Å². The summed E-state index contributed by atoms with van der Waals surface area (Å²) in [5.41, 5.74) is 5.94. The minimum atomic E-state index is 0.471. The molecule has 0 radical (unpaired) electrons. The van der Waals surface area contributed by atoms with E-state index in [2.05, 4.69) is 25.9 Å². The van der Waals surface area contributed by atoms with Crippen molar-refractivity contribution in [1.82, 2.24) is 9.97 Å². The lowest BCUT2D eigenvalue weighted by Gasteiger charge is -1.87. The Morgan fingerprint density at radius 2 is 1.50 bits per heavy atom. The molecule has 0 aliphatic rings. The van der Waals surface area contributed by atoms with Gasteiger partial charge in [-0.3, -0.25) is 0 Å². The molecule has 0 aromatic carbocycles. The maximum Gasteiger partial charge on any atom is 0.129 e. The van der Waals surface area contributed by atoms with E-state index >= 15 is 0 Å². The van der Waals surface area contributed by atoms with Gasteiger partial charge in [0.25, 0.3) is 0 Å². The van der Waals surface area contributed by atoms with Crippen LogP contribution in [0.15, 0.2) is 41.1 Å². The quantitative estimate of drug-likeness (QED) is 0.751. The molecule has 0 bridgehead atoms. The first kappa shape index (κ1) is 13.2. The third-order valence-electron chi connectivity index (χ3n) is 1.44. The zero-order valence-corrected chi connectivity index (χ0v) is 11.2. The van der Waals surface area contributed by atoms with E-state index in [0.717, 1.165) is 4.47 Å². The largest absolute Gasteiger partial charge is 0.397 e. The third kappa shape index (κ3) is 5.30. The maximum absolute atomic E-state index is 5.48. The van der Waals surface area contributed by atoms with Crippen molar-refractivity contribution in [2.24, 2.45) is 0 Å². The number of pyridine rings is 2. The van der Waals surface area contributed by atoms with Gasteiger partial charge in [0.1, 0.15) is 10.3 Å². The molecule has 0 atom stereocenters. The van der Waals surface area contributed by atoms with E-state index in [1.54, 1.807) is 24.4 Å². The first-order valence-electron chi connectivity index (χ1n) is 4.22. The van der Waals surface area contributed by atoms with Gasteiger partial charge in [-0.05, 0) is 40.2 Å². The molecular weight excluding hydrogens is 313 g/mol. The Balaban J connectivity index is 0.000000160. The van der Waals surface area contributed by atoms with Crippen molar-refractivity contribution in [2.75, 3.05) is 5.73 Å². The molecule has 16 heavy (non-hydrogen) atoms. The molecule has 0 aliphatic heterocycles. The predicted molar refractivity (Wildman–Crippen MR) is 70.6 cm³/mol. The van der Waals surface area contributed by atoms with E-state index in [4.69, 9.17) is 28.9 Å². The molecule has 6 heteroatoms. The van der Waals surface area contributed by atoms with Gasteiger partial charge < -0.3 is 5.73 Å². The molecule has 2 N–H and O–H groups in total. The van der Waals surface area contributed by atoms with Gasteiger partial charge in [-0.1, -0.05) is 23.2 Å². The van der Waals surface area contributed by atoms with Crippen molar-refractivity contribution < 1.29 is 0 Å². The average Bonchev–Trinajstić information content (AvgIpc) is 2.28. The van der Waals surface area contributed by atoms with Crippen molar-refractivity contribution in [1.29, 1.82) is 0 Å². The minimum Gasteiger partial charge on any atom is -0.397 e. The van der Waals surface area contributed by atoms with Crippen molar-refractivity contribution in [3.8, 4) is 0 Å². The van der Waals surface area contributed by atoms with E-state index in [9.17, 15) is 0 Å². The second-order valence-electron chi connectivity index (χ2n) is 2.71. The smallest absolute Gasteiger partial charge is 0.129 e. The SMILES string of the molecule is Clc1ccc(Br)cn1.Nc1ccc(Cl)nc1. The molecule has 0 saturated carbocycles. The minimum absolute atomic E-state index is 0.471. The number of nitrogens with two attached hydrogens (primary N) is 1. The van der Waals surface area contributed by atoms with Crippen molar-refractivity contribution in [3.63, 3.8) is 0 Å². The molecule has 3 nitrogen and oxygen atoms in total. The Labute approximate surface area is 112 Å². The van der Waals surface area contributed by atoms with E-state index in [1.165, 1.54) is 6.20 Å². The topological polar surface area (TPSA) is 51.8 Å². The summed E-state index contributed by atoms with van der Waals surface area (Å²) in [4.78, 5) is 7.52. The molecule has 2 aromatic rings. The van der Waals surface area contributed by atoms with Gasteiger partial charge >= 0.3 is 0 Å². The summed E-state index contributed by atoms with van der Waals surface area (Å²) in [7, 11) is 0. The van der Waals surface area contributed by atoms with Crippen molar-refractivity contribution >= 4 is 44.8 Å². The van der Waals surface area contributed by atoms with E-state index < -0.39 is 0 Å². The summed E-state index contributed by atoms with van der Waals surface area (Å²) in [5.74, 6) is 0. The first-order valence-corrected chi connectivity index (χ1v) is 5.77. The normalized spacial score (nSPS) is 9.19. The highest BCUT2D eigenvalue weighted by Crippen LogP contribution is 2.09. The lowest BCUT2D eigenvalue weighted by atomic mass is 10.4. The summed E-state index contributed by atoms with van der Waals surface area (Å²) in [6.07, 6.45) is 3.17. The Kier molecular flexibility index (Phi) is 5.52. The van der Waals surface area contributed by atoms with Gasteiger partial charge in [-0.15, -0.1) is 0 Å². The summed E-state index contributed by atoms with van der Waals surface area (Å²) in [6, 6.07) is 6.92. The Bertz CT molecular complexity index is 345. The standard InChI is InChI=1S/C5H3BrClN.C5H5ClN2/c6-4-1-2-5(7)8-3-4;6-5-2-1-4(7)3-8-5/h1-3H;1-3H,7H2. The fourth-order valence-corrected chi connectivity index (χ4v) is 1.20. The van der Waals surface area contributed by atoms with Crippen LogP contribution in [-0.2, 0) is 0 Å². The molecule has 2 rings (SSSR count). The maximum atomic E-state index is 5.48. The monoisotopic (exact) mass is 319 g/mol. The average molecular weight is 321 g/mol. The zero-order valence-electron chi connectivity index (χ0n) is 8.07. The number of nitrogens with zero attached hydrogens (tertiary/aromatic N) is 2. The van der Waals surface area contributed by atoms with Crippen LogP contribution in [0, 0.1) is 0 Å². The predicted octanol–water partition coefficient (Wildman–Crippen LogP) is 3.81. The summed E-state index contributed by atoms with van der Waals surface area (Å²) in [6.45, 7) is 0. The lowest BCUT2D eigenvalue weighted by molar-refractivity contribution is 1.31. The lowest BCUT2D eigenvalue weighted by Crippen LogP contribution is -1.83. The van der Waals surface area contributed by atoms with Crippen LogP contribution in [0.2, 0.25) is 10.3 Å². The van der Waals surface area contributed by atoms with E-state index in [0.29, 0.717) is 16.0 Å². The Hall–Kier alpha value is -0.840. The number of halogens is 3. The van der Waals surface area contributed by atoms with Gasteiger partial charge in [-0.2, -0.15) is 0 Å². The van der Waals surface area contributed by atoms with E-state index in [-0.39, 0.29) is 0 Å². The number of anilines is 1. The molecule has 84 valence electrons. The zero-order chi connectivity index (χ0) is 12.0. The number of nitrogen functional groups attached to an aromatic ring is 1. The molecule has 0 spiro atoms. The van der Waals surface area contributed by atoms with Gasteiger partial charge in [-0.25, -0.2) is 9.97 Å². The van der Waals surface area contributed by atoms with Crippen LogP contribution in [0.3, 0.4) is 0 Å². The van der Waals surface area contributed by atoms with E-state index in [1.807, 2.05) is 6.07 Å². The highest BCUT2D eigenvalue weighted by Gasteiger charge is 1.85. The number of rotatable bonds is 0. The van der Waals surface area contributed by atoms with Crippen molar-refractivity contribution in [3.05, 3.63) is 51.4 Å². The van der Waals surface area contributed by atoms with Gasteiger partial charge in [0, 0.05) is 10.7 Å². The Morgan fingerprint density at radius 1 is 0.938 bits per heavy atom. The molecule has 2 heterocycles. The fraction of sp³-hybridized carbons (Fsp3) is 0. The molecule has 0 amide bonds. The first-order chi connectivity index (χ1) is 7.58.